The van der Waals surface area contributed by atoms with Gasteiger partial charge >= 0.3 is 0 Å². The van der Waals surface area contributed by atoms with E-state index >= 15 is 0 Å². The van der Waals surface area contributed by atoms with E-state index in [-0.39, 0.29) is 11.5 Å². The molecule has 0 aromatic heterocycles. The predicted octanol–water partition coefficient (Wildman–Crippen LogP) is 0.481. The standard InChI is InChI=1S/C13H20FN3O3S/c1-20-13-10-11(2-3-12(13)14)16-21(18,19)9-8-17-6-4-15-5-7-17/h2-3,10,15-16H,4-9H2,1H3. The number of anilines is 1. The summed E-state index contributed by atoms with van der Waals surface area (Å²) in [5, 5.41) is 3.21. The highest BCUT2D eigenvalue weighted by Gasteiger charge is 2.16. The zero-order valence-corrected chi connectivity index (χ0v) is 12.7. The molecule has 1 saturated heterocycles. The second-order valence-electron chi connectivity index (χ2n) is 4.86. The van der Waals surface area contributed by atoms with Crippen LogP contribution in [0.15, 0.2) is 18.2 Å². The third-order valence-electron chi connectivity index (χ3n) is 3.31. The lowest BCUT2D eigenvalue weighted by atomic mass is 10.3. The first-order valence-electron chi connectivity index (χ1n) is 6.77. The maximum Gasteiger partial charge on any atom is 0.233 e. The van der Waals surface area contributed by atoms with Gasteiger partial charge in [-0.15, -0.1) is 0 Å². The molecule has 0 unspecified atom stereocenters. The first-order chi connectivity index (χ1) is 10.00. The number of hydrogen-bond acceptors (Lipinski definition) is 5. The summed E-state index contributed by atoms with van der Waals surface area (Å²) in [6, 6.07) is 3.88. The molecule has 0 bridgehead atoms. The molecule has 0 amide bonds. The Labute approximate surface area is 124 Å². The number of nitrogens with one attached hydrogen (secondary N) is 2. The fourth-order valence-electron chi connectivity index (χ4n) is 2.14. The molecule has 0 spiro atoms. The molecule has 6 nitrogen and oxygen atoms in total. The molecule has 1 aromatic rings. The molecule has 1 heterocycles. The van der Waals surface area contributed by atoms with Gasteiger partial charge in [0.05, 0.1) is 18.6 Å². The number of methoxy groups -OCH3 is 1. The topological polar surface area (TPSA) is 70.7 Å². The average Bonchev–Trinajstić information content (AvgIpc) is 2.48. The number of benzene rings is 1. The van der Waals surface area contributed by atoms with Gasteiger partial charge in [-0.1, -0.05) is 0 Å². The summed E-state index contributed by atoms with van der Waals surface area (Å²) in [5.41, 5.74) is 0.300. The van der Waals surface area contributed by atoms with Crippen molar-refractivity contribution in [1.29, 1.82) is 0 Å². The number of sulfonamides is 1. The van der Waals surface area contributed by atoms with Gasteiger partial charge in [0.25, 0.3) is 0 Å². The molecule has 21 heavy (non-hydrogen) atoms. The van der Waals surface area contributed by atoms with Crippen molar-refractivity contribution in [2.45, 2.75) is 0 Å². The second kappa shape index (κ2) is 7.06. The molecular weight excluding hydrogens is 297 g/mol. The smallest absolute Gasteiger partial charge is 0.233 e. The van der Waals surface area contributed by atoms with E-state index in [2.05, 4.69) is 14.9 Å². The van der Waals surface area contributed by atoms with Crippen LogP contribution in [0.1, 0.15) is 0 Å². The average molecular weight is 317 g/mol. The maximum absolute atomic E-state index is 13.3. The van der Waals surface area contributed by atoms with E-state index in [1.807, 2.05) is 0 Å². The molecule has 0 atom stereocenters. The summed E-state index contributed by atoms with van der Waals surface area (Å²) in [6.45, 7) is 3.93. The van der Waals surface area contributed by atoms with E-state index in [1.165, 1.54) is 25.3 Å². The van der Waals surface area contributed by atoms with E-state index in [1.54, 1.807) is 0 Å². The minimum atomic E-state index is -3.46. The van der Waals surface area contributed by atoms with Crippen LogP contribution in [0.4, 0.5) is 10.1 Å². The molecular formula is C13H20FN3O3S. The maximum atomic E-state index is 13.3. The van der Waals surface area contributed by atoms with Crippen molar-refractivity contribution in [3.05, 3.63) is 24.0 Å². The van der Waals surface area contributed by atoms with Gasteiger partial charge in [-0.2, -0.15) is 0 Å². The Kier molecular flexibility index (Phi) is 5.38. The lowest BCUT2D eigenvalue weighted by Gasteiger charge is -2.26. The van der Waals surface area contributed by atoms with Gasteiger partial charge in [-0.05, 0) is 12.1 Å². The van der Waals surface area contributed by atoms with Crippen molar-refractivity contribution in [1.82, 2.24) is 10.2 Å². The van der Waals surface area contributed by atoms with Gasteiger partial charge in [0.15, 0.2) is 11.6 Å². The minimum Gasteiger partial charge on any atom is -0.494 e. The van der Waals surface area contributed by atoms with E-state index in [0.29, 0.717) is 12.2 Å². The van der Waals surface area contributed by atoms with Crippen LogP contribution in [-0.4, -0.2) is 58.9 Å². The number of ether oxygens (including phenoxy) is 1. The van der Waals surface area contributed by atoms with E-state index < -0.39 is 15.8 Å². The molecule has 1 aliphatic rings. The zero-order chi connectivity index (χ0) is 15.3. The molecule has 2 N–H and O–H groups in total. The number of piperazine rings is 1. The molecule has 1 aromatic carbocycles. The molecule has 0 saturated carbocycles. The van der Waals surface area contributed by atoms with Crippen LogP contribution in [0.5, 0.6) is 5.75 Å². The van der Waals surface area contributed by atoms with E-state index in [9.17, 15) is 12.8 Å². The van der Waals surface area contributed by atoms with E-state index in [0.717, 1.165) is 26.2 Å². The van der Waals surface area contributed by atoms with Crippen molar-refractivity contribution in [3.63, 3.8) is 0 Å². The SMILES string of the molecule is COc1cc(NS(=O)(=O)CCN2CCNCC2)ccc1F. The highest BCUT2D eigenvalue weighted by atomic mass is 32.2. The van der Waals surface area contributed by atoms with Gasteiger partial charge in [-0.3, -0.25) is 9.62 Å². The summed E-state index contributed by atoms with van der Waals surface area (Å²) in [4.78, 5) is 2.10. The zero-order valence-electron chi connectivity index (χ0n) is 11.9. The largest absolute Gasteiger partial charge is 0.494 e. The number of rotatable bonds is 6. The Bertz CT molecular complexity index is 574. The summed E-state index contributed by atoms with van der Waals surface area (Å²) < 4.78 is 44.6. The van der Waals surface area contributed by atoms with Crippen LogP contribution in [0, 0.1) is 5.82 Å². The summed E-state index contributed by atoms with van der Waals surface area (Å²) in [5.74, 6) is -0.509. The van der Waals surface area contributed by atoms with Crippen molar-refractivity contribution in [3.8, 4) is 5.75 Å². The Hall–Kier alpha value is -1.38. The fraction of sp³-hybridized carbons (Fsp3) is 0.538. The molecule has 0 radical (unpaired) electrons. The minimum absolute atomic E-state index is 0.00664. The summed E-state index contributed by atoms with van der Waals surface area (Å²) in [6.07, 6.45) is 0. The quantitative estimate of drug-likeness (QED) is 0.799. The Morgan fingerprint density at radius 2 is 2.10 bits per heavy atom. The number of halogens is 1. The Balaban J connectivity index is 1.93. The molecule has 8 heteroatoms. The Morgan fingerprint density at radius 1 is 1.38 bits per heavy atom. The first kappa shape index (κ1) is 16.0. The monoisotopic (exact) mass is 317 g/mol. The molecule has 0 aliphatic carbocycles. The molecule has 1 aliphatic heterocycles. The summed E-state index contributed by atoms with van der Waals surface area (Å²) in [7, 11) is -2.13. The third kappa shape index (κ3) is 4.83. The normalized spacial score (nSPS) is 16.7. The Morgan fingerprint density at radius 3 is 2.76 bits per heavy atom. The lowest BCUT2D eigenvalue weighted by molar-refractivity contribution is 0.254. The van der Waals surface area contributed by atoms with Gasteiger partial charge in [-0.25, -0.2) is 12.8 Å². The van der Waals surface area contributed by atoms with Crippen molar-refractivity contribution < 1.29 is 17.5 Å². The van der Waals surface area contributed by atoms with Gasteiger partial charge in [0, 0.05) is 38.8 Å². The van der Waals surface area contributed by atoms with Crippen LogP contribution in [0.2, 0.25) is 0 Å². The van der Waals surface area contributed by atoms with Crippen LogP contribution in [-0.2, 0) is 10.0 Å². The van der Waals surface area contributed by atoms with Crippen LogP contribution < -0.4 is 14.8 Å². The second-order valence-corrected chi connectivity index (χ2v) is 6.70. The van der Waals surface area contributed by atoms with Crippen molar-refractivity contribution in [2.75, 3.05) is 50.3 Å². The lowest BCUT2D eigenvalue weighted by Crippen LogP contribution is -2.45. The highest BCUT2D eigenvalue weighted by Crippen LogP contribution is 2.22. The van der Waals surface area contributed by atoms with Crippen LogP contribution in [0.3, 0.4) is 0 Å². The van der Waals surface area contributed by atoms with E-state index in [4.69, 9.17) is 4.74 Å². The molecule has 118 valence electrons. The molecule has 1 fully saturated rings. The van der Waals surface area contributed by atoms with Crippen molar-refractivity contribution >= 4 is 15.7 Å². The third-order valence-corrected chi connectivity index (χ3v) is 4.58. The van der Waals surface area contributed by atoms with Gasteiger partial charge in [0.1, 0.15) is 0 Å². The highest BCUT2D eigenvalue weighted by molar-refractivity contribution is 7.92. The van der Waals surface area contributed by atoms with Crippen molar-refractivity contribution in [2.24, 2.45) is 0 Å². The fourth-order valence-corrected chi connectivity index (χ4v) is 3.22. The van der Waals surface area contributed by atoms with Crippen LogP contribution >= 0.6 is 0 Å². The van der Waals surface area contributed by atoms with Crippen LogP contribution in [0.25, 0.3) is 0 Å². The number of nitrogens with zero attached hydrogens (tertiary/aromatic N) is 1. The first-order valence-corrected chi connectivity index (χ1v) is 8.42. The predicted molar refractivity (Wildman–Crippen MR) is 79.7 cm³/mol. The van der Waals surface area contributed by atoms with Gasteiger partial charge < -0.3 is 10.1 Å². The summed E-state index contributed by atoms with van der Waals surface area (Å²) >= 11 is 0. The van der Waals surface area contributed by atoms with Gasteiger partial charge in [0.2, 0.25) is 10.0 Å². The molecule has 2 rings (SSSR count). The number of hydrogen-bond donors (Lipinski definition) is 2.